The van der Waals surface area contributed by atoms with Gasteiger partial charge < -0.3 is 5.73 Å². The molecule has 2 rings (SSSR count). The Morgan fingerprint density at radius 3 is 1.88 bits per heavy atom. The molecule has 0 aromatic heterocycles. The van der Waals surface area contributed by atoms with Gasteiger partial charge in [-0.25, -0.2) is 0 Å². The molecule has 0 saturated heterocycles. The van der Waals surface area contributed by atoms with Gasteiger partial charge in [0.1, 0.15) is 4.99 Å². The van der Waals surface area contributed by atoms with Gasteiger partial charge in [-0.05, 0) is 36.4 Å². The molecule has 4 heteroatoms. The van der Waals surface area contributed by atoms with Gasteiger partial charge >= 0.3 is 0 Å². The van der Waals surface area contributed by atoms with Gasteiger partial charge in [-0.3, -0.25) is 0 Å². The minimum Gasteiger partial charge on any atom is -0.389 e. The number of rotatable bonds is 3. The van der Waals surface area contributed by atoms with Crippen molar-refractivity contribution >= 4 is 28.6 Å². The molecule has 0 heterocycles. The predicted octanol–water partition coefficient (Wildman–Crippen LogP) is 3.74. The number of thiocarbonyl (C=S) groups is 1. The van der Waals surface area contributed by atoms with Crippen molar-refractivity contribution in [2.24, 2.45) is 16.0 Å². The Balaban J connectivity index is 2.14. The maximum absolute atomic E-state index is 5.51. The molecule has 0 aliphatic heterocycles. The van der Waals surface area contributed by atoms with E-state index in [2.05, 4.69) is 10.2 Å². The van der Waals surface area contributed by atoms with Gasteiger partial charge in [0.2, 0.25) is 0 Å². The van der Waals surface area contributed by atoms with Gasteiger partial charge in [-0.2, -0.15) is 10.2 Å². The molecular formula is C13H11N3S. The molecule has 2 N–H and O–H groups in total. The summed E-state index contributed by atoms with van der Waals surface area (Å²) in [5.41, 5.74) is 7.94. The highest BCUT2D eigenvalue weighted by Gasteiger charge is 1.95. The second-order valence-corrected chi connectivity index (χ2v) is 3.89. The summed E-state index contributed by atoms with van der Waals surface area (Å²) in [6.07, 6.45) is 0. The molecule has 0 amide bonds. The fraction of sp³-hybridized carbons (Fsp3) is 0. The van der Waals surface area contributed by atoms with Crippen LogP contribution in [0.4, 0.5) is 11.4 Å². The predicted molar refractivity (Wildman–Crippen MR) is 72.9 cm³/mol. The topological polar surface area (TPSA) is 50.7 Å². The molecule has 0 atom stereocenters. The summed E-state index contributed by atoms with van der Waals surface area (Å²) in [6.45, 7) is 0. The molecule has 0 saturated carbocycles. The van der Waals surface area contributed by atoms with Crippen molar-refractivity contribution in [3.05, 3.63) is 60.2 Å². The fourth-order valence-electron chi connectivity index (χ4n) is 1.30. The van der Waals surface area contributed by atoms with E-state index in [4.69, 9.17) is 18.0 Å². The Hall–Kier alpha value is -2.07. The van der Waals surface area contributed by atoms with Gasteiger partial charge in [0, 0.05) is 5.56 Å². The van der Waals surface area contributed by atoms with E-state index in [-0.39, 0.29) is 0 Å². The lowest BCUT2D eigenvalue weighted by atomic mass is 10.2. The first-order valence-electron chi connectivity index (χ1n) is 5.12. The zero-order valence-corrected chi connectivity index (χ0v) is 9.89. The first-order chi connectivity index (χ1) is 8.25. The highest BCUT2D eigenvalue weighted by molar-refractivity contribution is 7.80. The zero-order chi connectivity index (χ0) is 12.1. The number of hydrogen-bond acceptors (Lipinski definition) is 3. The maximum atomic E-state index is 5.51. The van der Waals surface area contributed by atoms with Crippen LogP contribution in [0.3, 0.4) is 0 Å². The summed E-state index contributed by atoms with van der Waals surface area (Å²) in [7, 11) is 0. The third kappa shape index (κ3) is 3.19. The van der Waals surface area contributed by atoms with Gasteiger partial charge in [0.25, 0.3) is 0 Å². The number of benzene rings is 2. The highest BCUT2D eigenvalue weighted by atomic mass is 32.1. The zero-order valence-electron chi connectivity index (χ0n) is 9.08. The molecule has 0 aliphatic carbocycles. The van der Waals surface area contributed by atoms with Crippen LogP contribution in [0.5, 0.6) is 0 Å². The van der Waals surface area contributed by atoms with Crippen LogP contribution >= 0.6 is 12.2 Å². The summed E-state index contributed by atoms with van der Waals surface area (Å²) in [5.74, 6) is 0. The first-order valence-corrected chi connectivity index (χ1v) is 5.53. The van der Waals surface area contributed by atoms with Crippen molar-refractivity contribution < 1.29 is 0 Å². The van der Waals surface area contributed by atoms with Crippen LogP contribution in [0, 0.1) is 0 Å². The van der Waals surface area contributed by atoms with Gasteiger partial charge in [-0.15, -0.1) is 0 Å². The van der Waals surface area contributed by atoms with Crippen LogP contribution in [0.1, 0.15) is 5.56 Å². The molecule has 3 nitrogen and oxygen atoms in total. The normalized spacial score (nSPS) is 10.6. The van der Waals surface area contributed by atoms with Crippen LogP contribution in [-0.2, 0) is 0 Å². The summed E-state index contributed by atoms with van der Waals surface area (Å²) in [5, 5.41) is 8.23. The van der Waals surface area contributed by atoms with E-state index in [1.54, 1.807) is 0 Å². The smallest absolute Gasteiger partial charge is 0.103 e. The van der Waals surface area contributed by atoms with Crippen molar-refractivity contribution in [2.75, 3.05) is 0 Å². The highest BCUT2D eigenvalue weighted by Crippen LogP contribution is 2.18. The molecule has 0 unspecified atom stereocenters. The van der Waals surface area contributed by atoms with E-state index < -0.39 is 0 Å². The van der Waals surface area contributed by atoms with Crippen molar-refractivity contribution in [3.63, 3.8) is 0 Å². The quantitative estimate of drug-likeness (QED) is 0.657. The lowest BCUT2D eigenvalue weighted by Gasteiger charge is -1.97. The Kier molecular flexibility index (Phi) is 3.57. The summed E-state index contributed by atoms with van der Waals surface area (Å²) < 4.78 is 0. The largest absolute Gasteiger partial charge is 0.389 e. The Morgan fingerprint density at radius 1 is 0.824 bits per heavy atom. The lowest BCUT2D eigenvalue weighted by molar-refractivity contribution is 1.23. The second-order valence-electron chi connectivity index (χ2n) is 3.45. The van der Waals surface area contributed by atoms with Crippen molar-refractivity contribution in [1.82, 2.24) is 0 Å². The second kappa shape index (κ2) is 5.32. The molecule has 0 aliphatic rings. The molecule has 2 aromatic rings. The van der Waals surface area contributed by atoms with Crippen LogP contribution in [0.15, 0.2) is 64.8 Å². The van der Waals surface area contributed by atoms with E-state index in [0.29, 0.717) is 4.99 Å². The van der Waals surface area contributed by atoms with Crippen molar-refractivity contribution in [2.45, 2.75) is 0 Å². The molecule has 0 radical (unpaired) electrons. The molecule has 0 bridgehead atoms. The molecule has 2 aromatic carbocycles. The minimum atomic E-state index is 0.386. The van der Waals surface area contributed by atoms with Crippen molar-refractivity contribution in [3.8, 4) is 0 Å². The van der Waals surface area contributed by atoms with Gasteiger partial charge in [0.15, 0.2) is 0 Å². The first kappa shape index (κ1) is 11.4. The monoisotopic (exact) mass is 241 g/mol. The average molecular weight is 241 g/mol. The van der Waals surface area contributed by atoms with E-state index in [1.165, 1.54) is 0 Å². The molecule has 17 heavy (non-hydrogen) atoms. The minimum absolute atomic E-state index is 0.386. The summed E-state index contributed by atoms with van der Waals surface area (Å²) >= 11 is 4.87. The SMILES string of the molecule is NC(=S)c1ccc(/N=N/c2ccccc2)cc1. The van der Waals surface area contributed by atoms with E-state index >= 15 is 0 Å². The number of azo groups is 1. The van der Waals surface area contributed by atoms with E-state index in [0.717, 1.165) is 16.9 Å². The average Bonchev–Trinajstić information content (AvgIpc) is 2.38. The molecular weight excluding hydrogens is 230 g/mol. The van der Waals surface area contributed by atoms with Gasteiger partial charge in [0.05, 0.1) is 11.4 Å². The summed E-state index contributed by atoms with van der Waals surface area (Å²) in [4.78, 5) is 0.386. The third-order valence-electron chi connectivity index (χ3n) is 2.19. The molecule has 84 valence electrons. The van der Waals surface area contributed by atoms with Crippen LogP contribution in [0.25, 0.3) is 0 Å². The number of hydrogen-bond donors (Lipinski definition) is 1. The maximum Gasteiger partial charge on any atom is 0.103 e. The van der Waals surface area contributed by atoms with E-state index in [1.807, 2.05) is 54.6 Å². The Morgan fingerprint density at radius 2 is 1.35 bits per heavy atom. The van der Waals surface area contributed by atoms with Crippen LogP contribution in [0.2, 0.25) is 0 Å². The summed E-state index contributed by atoms with van der Waals surface area (Å²) in [6, 6.07) is 16.9. The molecule has 0 spiro atoms. The number of nitrogens with zero attached hydrogens (tertiary/aromatic N) is 2. The van der Waals surface area contributed by atoms with Crippen molar-refractivity contribution in [1.29, 1.82) is 0 Å². The fourth-order valence-corrected chi connectivity index (χ4v) is 1.44. The third-order valence-corrected chi connectivity index (χ3v) is 2.42. The Labute approximate surface area is 105 Å². The lowest BCUT2D eigenvalue weighted by Crippen LogP contribution is -2.08. The van der Waals surface area contributed by atoms with Crippen LogP contribution in [-0.4, -0.2) is 4.99 Å². The van der Waals surface area contributed by atoms with Crippen LogP contribution < -0.4 is 5.73 Å². The molecule has 0 fully saturated rings. The number of nitrogens with two attached hydrogens (primary N) is 1. The van der Waals surface area contributed by atoms with E-state index in [9.17, 15) is 0 Å². The van der Waals surface area contributed by atoms with Gasteiger partial charge in [-0.1, -0.05) is 30.4 Å². The Bertz CT molecular complexity index is 532. The standard InChI is InChI=1S/C13H11N3S/c14-13(17)10-6-8-12(9-7-10)16-15-11-4-2-1-3-5-11/h1-9H,(H2,14,17)/b16-15+.